The average Bonchev–Trinajstić information content (AvgIpc) is 3.03. The minimum absolute atomic E-state index is 0.0200. The Kier molecular flexibility index (Phi) is 6.16. The molecule has 0 bridgehead atoms. The van der Waals surface area contributed by atoms with Crippen LogP contribution < -0.4 is 15.0 Å². The highest BCUT2D eigenvalue weighted by Gasteiger charge is 2.44. The number of rotatable bonds is 4. The number of benzene rings is 3. The number of nitrogens with zero attached hydrogens (tertiary/aromatic N) is 1. The maximum Gasteiger partial charge on any atom is 0.227 e. The third-order valence-corrected chi connectivity index (χ3v) is 7.03. The Morgan fingerprint density at radius 3 is 2.54 bits per heavy atom. The number of methoxy groups -OCH3 is 1. The van der Waals surface area contributed by atoms with Crippen molar-refractivity contribution in [3.05, 3.63) is 101 Å². The molecule has 3 atom stereocenters. The zero-order valence-corrected chi connectivity index (χ0v) is 20.3. The van der Waals surface area contributed by atoms with Gasteiger partial charge in [-0.2, -0.15) is 0 Å². The first kappa shape index (κ1) is 22.9. The molecular weight excluding hydrogens is 436 g/mol. The molecule has 1 aliphatic heterocycles. The number of anilines is 2. The highest BCUT2D eigenvalue weighted by atomic mass is 16.5. The monoisotopic (exact) mass is 466 g/mol. The number of carbonyl (C=O) groups is 2. The first-order valence-corrected chi connectivity index (χ1v) is 12.1. The zero-order valence-electron chi connectivity index (χ0n) is 20.3. The molecule has 0 radical (unpaired) electrons. The molecule has 1 heterocycles. The molecule has 3 aromatic carbocycles. The lowest BCUT2D eigenvalue weighted by Crippen LogP contribution is -2.42. The van der Waals surface area contributed by atoms with E-state index >= 15 is 0 Å². The van der Waals surface area contributed by atoms with Crippen LogP contribution >= 0.6 is 0 Å². The number of para-hydroxylation sites is 2. The summed E-state index contributed by atoms with van der Waals surface area (Å²) in [4.78, 5) is 29.2. The molecule has 3 unspecified atom stereocenters. The van der Waals surface area contributed by atoms with Crippen molar-refractivity contribution in [2.24, 2.45) is 5.92 Å². The van der Waals surface area contributed by atoms with Crippen LogP contribution in [-0.4, -0.2) is 18.8 Å². The first-order valence-electron chi connectivity index (χ1n) is 12.1. The molecule has 178 valence electrons. The normalized spacial score (nSPS) is 21.2. The second kappa shape index (κ2) is 9.41. The lowest BCUT2D eigenvalue weighted by atomic mass is 9.76. The SMILES string of the molecule is CCC(=O)N1c2ccccc2NC2=CC(c3ccc(C)cc3)CC(=O)C2C1c1cccc(OC)c1. The summed E-state index contributed by atoms with van der Waals surface area (Å²) in [5, 5.41) is 3.56. The number of ether oxygens (including phenoxy) is 1. The lowest BCUT2D eigenvalue weighted by molar-refractivity contribution is -0.123. The van der Waals surface area contributed by atoms with E-state index in [1.165, 1.54) is 5.56 Å². The predicted molar refractivity (Wildman–Crippen MR) is 139 cm³/mol. The van der Waals surface area contributed by atoms with Crippen molar-refractivity contribution in [1.29, 1.82) is 0 Å². The summed E-state index contributed by atoms with van der Waals surface area (Å²) in [5.41, 5.74) is 5.64. The summed E-state index contributed by atoms with van der Waals surface area (Å²) >= 11 is 0. The molecule has 0 spiro atoms. The van der Waals surface area contributed by atoms with E-state index in [-0.39, 0.29) is 17.6 Å². The number of hydrogen-bond donors (Lipinski definition) is 1. The fourth-order valence-electron chi connectivity index (χ4n) is 5.26. The summed E-state index contributed by atoms with van der Waals surface area (Å²) in [6, 6.07) is 23.4. The Morgan fingerprint density at radius 2 is 1.80 bits per heavy atom. The van der Waals surface area contributed by atoms with Crippen LogP contribution in [0.3, 0.4) is 0 Å². The van der Waals surface area contributed by atoms with Crippen molar-refractivity contribution in [3.8, 4) is 5.75 Å². The molecule has 0 saturated heterocycles. The van der Waals surface area contributed by atoms with Crippen LogP contribution in [0.15, 0.2) is 84.6 Å². The number of nitrogens with one attached hydrogen (secondary N) is 1. The minimum Gasteiger partial charge on any atom is -0.497 e. The third kappa shape index (κ3) is 4.23. The van der Waals surface area contributed by atoms with Crippen molar-refractivity contribution >= 4 is 23.1 Å². The fourth-order valence-corrected chi connectivity index (χ4v) is 5.26. The van der Waals surface area contributed by atoms with Gasteiger partial charge in [0.25, 0.3) is 0 Å². The Labute approximate surface area is 206 Å². The van der Waals surface area contributed by atoms with Crippen LogP contribution in [0.4, 0.5) is 11.4 Å². The van der Waals surface area contributed by atoms with Gasteiger partial charge in [-0.25, -0.2) is 0 Å². The van der Waals surface area contributed by atoms with Crippen LogP contribution in [0.25, 0.3) is 0 Å². The van der Waals surface area contributed by atoms with E-state index in [1.54, 1.807) is 7.11 Å². The van der Waals surface area contributed by atoms with E-state index < -0.39 is 12.0 Å². The number of Topliss-reactive ketones (excluding diaryl/α,β-unsaturated/α-hetero) is 1. The van der Waals surface area contributed by atoms with Crippen molar-refractivity contribution in [1.82, 2.24) is 0 Å². The molecular formula is C30H30N2O3. The van der Waals surface area contributed by atoms with Crippen LogP contribution in [0, 0.1) is 12.8 Å². The number of aryl methyl sites for hydroxylation is 1. The number of hydrogen-bond acceptors (Lipinski definition) is 4. The van der Waals surface area contributed by atoms with Gasteiger partial charge in [-0.1, -0.05) is 67.1 Å². The molecule has 35 heavy (non-hydrogen) atoms. The largest absolute Gasteiger partial charge is 0.497 e. The van der Waals surface area contributed by atoms with Gasteiger partial charge in [0.15, 0.2) is 0 Å². The number of fused-ring (bicyclic) bond motifs is 2. The summed E-state index contributed by atoms with van der Waals surface area (Å²) in [7, 11) is 1.63. The lowest BCUT2D eigenvalue weighted by Gasteiger charge is -2.37. The standard InChI is InChI=1S/C30H30N2O3/c1-4-28(34)32-26-11-6-5-10-24(26)31-25-17-22(20-14-12-19(2)13-15-20)18-27(33)29(25)30(32)21-8-7-9-23(16-21)35-3/h5-17,22,29-31H,4,18H2,1-3H3. The third-order valence-electron chi connectivity index (χ3n) is 7.03. The quantitative estimate of drug-likeness (QED) is 0.500. The fraction of sp³-hybridized carbons (Fsp3) is 0.267. The second-order valence-electron chi connectivity index (χ2n) is 9.27. The molecule has 5 heteroatoms. The van der Waals surface area contributed by atoms with Gasteiger partial charge < -0.3 is 15.0 Å². The first-order chi connectivity index (χ1) is 17.0. The summed E-state index contributed by atoms with van der Waals surface area (Å²) in [6.45, 7) is 3.92. The van der Waals surface area contributed by atoms with Crippen molar-refractivity contribution in [2.75, 3.05) is 17.3 Å². The van der Waals surface area contributed by atoms with Crippen LogP contribution in [-0.2, 0) is 9.59 Å². The molecule has 3 aromatic rings. The number of amides is 1. The van der Waals surface area contributed by atoms with Crippen LogP contribution in [0.5, 0.6) is 5.75 Å². The molecule has 1 amide bonds. The minimum atomic E-state index is -0.508. The molecule has 5 rings (SSSR count). The highest BCUT2D eigenvalue weighted by molar-refractivity contribution is 6.01. The predicted octanol–water partition coefficient (Wildman–Crippen LogP) is 6.17. The number of carbonyl (C=O) groups excluding carboxylic acids is 2. The van der Waals surface area contributed by atoms with E-state index in [4.69, 9.17) is 4.74 Å². The summed E-state index contributed by atoms with van der Waals surface area (Å²) in [5.74, 6) is 0.264. The van der Waals surface area contributed by atoms with Crippen molar-refractivity contribution in [2.45, 2.75) is 38.6 Å². The van der Waals surface area contributed by atoms with Gasteiger partial charge in [-0.05, 0) is 42.3 Å². The molecule has 1 aliphatic carbocycles. The molecule has 1 N–H and O–H groups in total. The highest BCUT2D eigenvalue weighted by Crippen LogP contribution is 2.48. The smallest absolute Gasteiger partial charge is 0.227 e. The molecule has 0 aromatic heterocycles. The number of allylic oxidation sites excluding steroid dienone is 1. The van der Waals surface area contributed by atoms with Gasteiger partial charge >= 0.3 is 0 Å². The molecule has 5 nitrogen and oxygen atoms in total. The average molecular weight is 467 g/mol. The van der Waals surface area contributed by atoms with Gasteiger partial charge in [-0.3, -0.25) is 9.59 Å². The van der Waals surface area contributed by atoms with Gasteiger partial charge in [0, 0.05) is 24.5 Å². The van der Waals surface area contributed by atoms with Crippen molar-refractivity contribution < 1.29 is 14.3 Å². The maximum absolute atomic E-state index is 13.9. The van der Waals surface area contributed by atoms with Crippen LogP contribution in [0.2, 0.25) is 0 Å². The summed E-state index contributed by atoms with van der Waals surface area (Å²) < 4.78 is 5.50. The zero-order chi connectivity index (χ0) is 24.5. The van der Waals surface area contributed by atoms with E-state index in [2.05, 4.69) is 42.6 Å². The maximum atomic E-state index is 13.9. The molecule has 2 aliphatic rings. The molecule has 0 fully saturated rings. The second-order valence-corrected chi connectivity index (χ2v) is 9.27. The van der Waals surface area contributed by atoms with Gasteiger partial charge in [0.2, 0.25) is 5.91 Å². The van der Waals surface area contributed by atoms with E-state index in [0.29, 0.717) is 18.6 Å². The van der Waals surface area contributed by atoms with E-state index in [9.17, 15) is 9.59 Å². The Hall–Kier alpha value is -3.86. The van der Waals surface area contributed by atoms with Crippen molar-refractivity contribution in [3.63, 3.8) is 0 Å². The van der Waals surface area contributed by atoms with Gasteiger partial charge in [-0.15, -0.1) is 0 Å². The van der Waals surface area contributed by atoms with E-state index in [0.717, 1.165) is 28.2 Å². The topological polar surface area (TPSA) is 58.6 Å². The Morgan fingerprint density at radius 1 is 1.03 bits per heavy atom. The van der Waals surface area contributed by atoms with Gasteiger partial charge in [0.1, 0.15) is 11.5 Å². The Bertz CT molecular complexity index is 1290. The number of ketones is 1. The van der Waals surface area contributed by atoms with Gasteiger partial charge in [0.05, 0.1) is 30.4 Å². The summed E-state index contributed by atoms with van der Waals surface area (Å²) in [6.07, 6.45) is 2.91. The van der Waals surface area contributed by atoms with Crippen LogP contribution in [0.1, 0.15) is 48.4 Å². The Balaban J connectivity index is 1.71. The molecule has 0 saturated carbocycles. The van der Waals surface area contributed by atoms with E-state index in [1.807, 2.05) is 60.4 Å².